The van der Waals surface area contributed by atoms with E-state index < -0.39 is 5.82 Å². The van der Waals surface area contributed by atoms with Crippen molar-refractivity contribution in [2.45, 2.75) is 20.3 Å². The van der Waals surface area contributed by atoms with Crippen molar-refractivity contribution in [1.82, 2.24) is 0 Å². The third-order valence-corrected chi connectivity index (χ3v) is 2.57. The van der Waals surface area contributed by atoms with E-state index in [-0.39, 0.29) is 22.3 Å². The van der Waals surface area contributed by atoms with Gasteiger partial charge in [0.2, 0.25) is 0 Å². The first-order chi connectivity index (χ1) is 6.57. The number of carbonyl (C=O) groups is 1. The lowest BCUT2D eigenvalue weighted by molar-refractivity contribution is 0.0923. The standard InChI is InChI=1S/C11H12ClFO/c1-3-7(2)11(14)8-5-4-6-9(12)10(8)13/h4-7H,3H2,1-2H3. The fourth-order valence-corrected chi connectivity index (χ4v) is 1.32. The van der Waals surface area contributed by atoms with Gasteiger partial charge in [-0.1, -0.05) is 31.5 Å². The Hall–Kier alpha value is -0.890. The minimum atomic E-state index is -0.612. The van der Waals surface area contributed by atoms with Crippen LogP contribution in [0.15, 0.2) is 18.2 Å². The third-order valence-electron chi connectivity index (χ3n) is 2.28. The highest BCUT2D eigenvalue weighted by Crippen LogP contribution is 2.21. The summed E-state index contributed by atoms with van der Waals surface area (Å²) in [7, 11) is 0. The number of hydrogen-bond acceptors (Lipinski definition) is 1. The Labute approximate surface area is 87.9 Å². The molecule has 0 radical (unpaired) electrons. The zero-order valence-electron chi connectivity index (χ0n) is 8.18. The van der Waals surface area contributed by atoms with Crippen LogP contribution in [0, 0.1) is 11.7 Å². The van der Waals surface area contributed by atoms with Crippen molar-refractivity contribution in [2.75, 3.05) is 0 Å². The zero-order chi connectivity index (χ0) is 10.7. The highest BCUT2D eigenvalue weighted by molar-refractivity contribution is 6.31. The minimum absolute atomic E-state index is 0.000784. The molecule has 14 heavy (non-hydrogen) atoms. The van der Waals surface area contributed by atoms with Gasteiger partial charge in [0, 0.05) is 5.92 Å². The molecule has 1 aromatic rings. The van der Waals surface area contributed by atoms with Crippen LogP contribution in [-0.4, -0.2) is 5.78 Å². The molecule has 3 heteroatoms. The molecule has 0 saturated carbocycles. The molecule has 0 fully saturated rings. The molecule has 1 atom stereocenters. The smallest absolute Gasteiger partial charge is 0.168 e. The van der Waals surface area contributed by atoms with Crippen LogP contribution in [0.1, 0.15) is 30.6 Å². The second-order valence-corrected chi connectivity index (χ2v) is 3.68. The molecule has 1 unspecified atom stereocenters. The molecule has 0 aliphatic rings. The number of halogens is 2. The summed E-state index contributed by atoms with van der Waals surface area (Å²) < 4.78 is 13.4. The Balaban J connectivity index is 3.07. The number of benzene rings is 1. The molecule has 0 aliphatic carbocycles. The highest BCUT2D eigenvalue weighted by atomic mass is 35.5. The van der Waals surface area contributed by atoms with E-state index in [2.05, 4.69) is 0 Å². The first kappa shape index (κ1) is 11.2. The first-order valence-electron chi connectivity index (χ1n) is 4.56. The van der Waals surface area contributed by atoms with Crippen LogP contribution in [0.3, 0.4) is 0 Å². The highest BCUT2D eigenvalue weighted by Gasteiger charge is 2.18. The number of hydrogen-bond donors (Lipinski definition) is 0. The number of rotatable bonds is 3. The van der Waals surface area contributed by atoms with Gasteiger partial charge in [-0.05, 0) is 18.6 Å². The number of ketones is 1. The van der Waals surface area contributed by atoms with Crippen molar-refractivity contribution in [3.63, 3.8) is 0 Å². The molecular formula is C11H12ClFO. The van der Waals surface area contributed by atoms with Crippen molar-refractivity contribution in [3.8, 4) is 0 Å². The molecule has 0 aromatic heterocycles. The summed E-state index contributed by atoms with van der Waals surface area (Å²) in [5, 5.41) is -0.000784. The SMILES string of the molecule is CCC(C)C(=O)c1cccc(Cl)c1F. The lowest BCUT2D eigenvalue weighted by Crippen LogP contribution is -2.12. The molecule has 0 spiro atoms. The molecule has 1 nitrogen and oxygen atoms in total. The fraction of sp³-hybridized carbons (Fsp3) is 0.364. The van der Waals surface area contributed by atoms with Crippen LogP contribution in [0.2, 0.25) is 5.02 Å². The summed E-state index contributed by atoms with van der Waals surface area (Å²) in [6.07, 6.45) is 0.699. The molecule has 0 aliphatic heterocycles. The molecule has 0 bridgehead atoms. The largest absolute Gasteiger partial charge is 0.294 e. The van der Waals surface area contributed by atoms with Crippen LogP contribution >= 0.6 is 11.6 Å². The van der Waals surface area contributed by atoms with E-state index in [0.29, 0.717) is 6.42 Å². The Morgan fingerprint density at radius 2 is 2.21 bits per heavy atom. The second kappa shape index (κ2) is 4.56. The van der Waals surface area contributed by atoms with E-state index in [0.717, 1.165) is 0 Å². The molecule has 0 heterocycles. The van der Waals surface area contributed by atoms with E-state index in [1.165, 1.54) is 12.1 Å². The quantitative estimate of drug-likeness (QED) is 0.701. The molecule has 1 aromatic carbocycles. The van der Waals surface area contributed by atoms with Crippen LogP contribution < -0.4 is 0 Å². The second-order valence-electron chi connectivity index (χ2n) is 3.27. The Bertz CT molecular complexity index is 349. The van der Waals surface area contributed by atoms with Crippen molar-refractivity contribution in [3.05, 3.63) is 34.6 Å². The van der Waals surface area contributed by atoms with Crippen molar-refractivity contribution < 1.29 is 9.18 Å². The minimum Gasteiger partial charge on any atom is -0.294 e. The van der Waals surface area contributed by atoms with E-state index in [9.17, 15) is 9.18 Å². The zero-order valence-corrected chi connectivity index (χ0v) is 8.94. The van der Waals surface area contributed by atoms with Crippen LogP contribution in [0.4, 0.5) is 4.39 Å². The Morgan fingerprint density at radius 3 is 2.79 bits per heavy atom. The van der Waals surface area contributed by atoms with E-state index in [1.54, 1.807) is 13.0 Å². The third kappa shape index (κ3) is 2.13. The van der Waals surface area contributed by atoms with E-state index in [1.807, 2.05) is 6.92 Å². The van der Waals surface area contributed by atoms with E-state index in [4.69, 9.17) is 11.6 Å². The van der Waals surface area contributed by atoms with Gasteiger partial charge in [0.05, 0.1) is 10.6 Å². The van der Waals surface area contributed by atoms with Gasteiger partial charge in [0.15, 0.2) is 11.6 Å². The normalized spacial score (nSPS) is 12.6. The number of Topliss-reactive ketones (excluding diaryl/α,β-unsaturated/α-hetero) is 1. The maximum absolute atomic E-state index is 13.4. The summed E-state index contributed by atoms with van der Waals surface area (Å²) in [6, 6.07) is 4.49. The van der Waals surface area contributed by atoms with Crippen molar-refractivity contribution >= 4 is 17.4 Å². The van der Waals surface area contributed by atoms with Gasteiger partial charge < -0.3 is 0 Å². The van der Waals surface area contributed by atoms with Crippen LogP contribution in [0.25, 0.3) is 0 Å². The summed E-state index contributed by atoms with van der Waals surface area (Å²) in [6.45, 7) is 3.67. The monoisotopic (exact) mass is 214 g/mol. The molecule has 76 valence electrons. The van der Waals surface area contributed by atoms with Gasteiger partial charge in [-0.2, -0.15) is 0 Å². The van der Waals surface area contributed by atoms with Gasteiger partial charge in [-0.25, -0.2) is 4.39 Å². The molecule has 1 rings (SSSR count). The summed E-state index contributed by atoms with van der Waals surface area (Å²) >= 11 is 5.58. The fourth-order valence-electron chi connectivity index (χ4n) is 1.14. The summed E-state index contributed by atoms with van der Waals surface area (Å²) in [4.78, 5) is 11.7. The molecular weight excluding hydrogens is 203 g/mol. The topological polar surface area (TPSA) is 17.1 Å². The average molecular weight is 215 g/mol. The first-order valence-corrected chi connectivity index (χ1v) is 4.94. The van der Waals surface area contributed by atoms with Crippen LogP contribution in [0.5, 0.6) is 0 Å². The van der Waals surface area contributed by atoms with E-state index >= 15 is 0 Å². The molecule has 0 saturated heterocycles. The van der Waals surface area contributed by atoms with Gasteiger partial charge in [0.25, 0.3) is 0 Å². The van der Waals surface area contributed by atoms with Gasteiger partial charge in [-0.3, -0.25) is 4.79 Å². The van der Waals surface area contributed by atoms with Crippen molar-refractivity contribution in [1.29, 1.82) is 0 Å². The summed E-state index contributed by atoms with van der Waals surface area (Å²) in [5.41, 5.74) is 0.0897. The predicted octanol–water partition coefficient (Wildman–Crippen LogP) is 3.71. The molecule has 0 amide bonds. The maximum atomic E-state index is 13.4. The van der Waals surface area contributed by atoms with Crippen molar-refractivity contribution in [2.24, 2.45) is 5.92 Å². The molecule has 0 N–H and O–H groups in total. The van der Waals surface area contributed by atoms with Gasteiger partial charge in [0.1, 0.15) is 0 Å². The van der Waals surface area contributed by atoms with Crippen LogP contribution in [-0.2, 0) is 0 Å². The Kier molecular flexibility index (Phi) is 3.64. The van der Waals surface area contributed by atoms with Gasteiger partial charge in [-0.15, -0.1) is 0 Å². The predicted molar refractivity (Wildman–Crippen MR) is 55.2 cm³/mol. The Morgan fingerprint density at radius 1 is 1.57 bits per heavy atom. The van der Waals surface area contributed by atoms with Gasteiger partial charge >= 0.3 is 0 Å². The average Bonchev–Trinajstić information content (AvgIpc) is 2.20. The lowest BCUT2D eigenvalue weighted by atomic mass is 9.97. The summed E-state index contributed by atoms with van der Waals surface area (Å²) in [5.74, 6) is -0.963. The maximum Gasteiger partial charge on any atom is 0.168 e. The number of carbonyl (C=O) groups excluding carboxylic acids is 1. The lowest BCUT2D eigenvalue weighted by Gasteiger charge is -2.08.